The molecular weight excluding hydrogens is 368 g/mol. The zero-order chi connectivity index (χ0) is 20.8. The summed E-state index contributed by atoms with van der Waals surface area (Å²) < 4.78 is 10.9. The fourth-order valence-electron chi connectivity index (χ4n) is 3.43. The number of benzene rings is 2. The molecule has 2 aromatic rings. The summed E-state index contributed by atoms with van der Waals surface area (Å²) in [5.74, 6) is 1.05. The van der Waals surface area contributed by atoms with Gasteiger partial charge >= 0.3 is 0 Å². The Balaban J connectivity index is 1.63. The van der Waals surface area contributed by atoms with Crippen molar-refractivity contribution in [3.63, 3.8) is 0 Å². The van der Waals surface area contributed by atoms with Crippen LogP contribution >= 0.6 is 0 Å². The number of nitrogens with one attached hydrogen (secondary N) is 1. The number of nitrogens with zero attached hydrogens (tertiary/aromatic N) is 1. The van der Waals surface area contributed by atoms with Crippen LogP contribution in [0, 0.1) is 6.92 Å². The van der Waals surface area contributed by atoms with E-state index >= 15 is 0 Å². The third kappa shape index (κ3) is 5.08. The van der Waals surface area contributed by atoms with Crippen molar-refractivity contribution >= 4 is 23.2 Å². The standard InChI is InChI=1S/C23H28N2O4/c1-4-5-12-25-19-9-8-18(14-17(19)7-11-23(25)27)24-22(26)15-29-20-10-6-16(2)13-21(20)28-3/h6,8-10,13-14H,4-5,7,11-12,15H2,1-3H3,(H,24,26). The van der Waals surface area contributed by atoms with E-state index in [2.05, 4.69) is 12.2 Å². The maximum absolute atomic E-state index is 12.3. The molecule has 1 heterocycles. The van der Waals surface area contributed by atoms with Gasteiger partial charge in [0.25, 0.3) is 5.91 Å². The van der Waals surface area contributed by atoms with Crippen molar-refractivity contribution in [2.45, 2.75) is 39.5 Å². The van der Waals surface area contributed by atoms with Crippen LogP contribution in [-0.2, 0) is 16.0 Å². The van der Waals surface area contributed by atoms with Crippen LogP contribution in [-0.4, -0.2) is 32.1 Å². The average molecular weight is 396 g/mol. The lowest BCUT2D eigenvalue weighted by atomic mass is 10.00. The van der Waals surface area contributed by atoms with Crippen LogP contribution in [0.1, 0.15) is 37.3 Å². The molecule has 1 N–H and O–H groups in total. The molecule has 6 heteroatoms. The smallest absolute Gasteiger partial charge is 0.262 e. The molecule has 6 nitrogen and oxygen atoms in total. The summed E-state index contributed by atoms with van der Waals surface area (Å²) in [4.78, 5) is 26.4. The normalized spacial score (nSPS) is 13.1. The van der Waals surface area contributed by atoms with Gasteiger partial charge in [-0.05, 0) is 61.2 Å². The van der Waals surface area contributed by atoms with Crippen LogP contribution < -0.4 is 19.7 Å². The van der Waals surface area contributed by atoms with Gasteiger partial charge in [0.2, 0.25) is 5.91 Å². The van der Waals surface area contributed by atoms with Gasteiger partial charge in [-0.25, -0.2) is 0 Å². The summed E-state index contributed by atoms with van der Waals surface area (Å²) in [6.45, 7) is 4.70. The van der Waals surface area contributed by atoms with Crippen molar-refractivity contribution in [1.82, 2.24) is 0 Å². The van der Waals surface area contributed by atoms with Gasteiger partial charge in [-0.3, -0.25) is 9.59 Å². The van der Waals surface area contributed by atoms with E-state index in [4.69, 9.17) is 9.47 Å². The Bertz CT molecular complexity index is 894. The van der Waals surface area contributed by atoms with Crippen LogP contribution in [0.3, 0.4) is 0 Å². The van der Waals surface area contributed by atoms with E-state index in [9.17, 15) is 9.59 Å². The number of unbranched alkanes of at least 4 members (excludes halogenated alkanes) is 1. The fourth-order valence-corrected chi connectivity index (χ4v) is 3.43. The van der Waals surface area contributed by atoms with Gasteiger partial charge in [0.15, 0.2) is 18.1 Å². The van der Waals surface area contributed by atoms with Crippen molar-refractivity contribution in [3.05, 3.63) is 47.5 Å². The monoisotopic (exact) mass is 396 g/mol. The molecule has 0 bridgehead atoms. The molecule has 1 aliphatic heterocycles. The highest BCUT2D eigenvalue weighted by atomic mass is 16.5. The maximum Gasteiger partial charge on any atom is 0.262 e. The minimum Gasteiger partial charge on any atom is -0.493 e. The summed E-state index contributed by atoms with van der Waals surface area (Å²) in [6, 6.07) is 11.3. The predicted octanol–water partition coefficient (Wildman–Crippen LogP) is 4.10. The quantitative estimate of drug-likeness (QED) is 0.729. The zero-order valence-electron chi connectivity index (χ0n) is 17.3. The van der Waals surface area contributed by atoms with Crippen molar-refractivity contribution in [1.29, 1.82) is 0 Å². The first kappa shape index (κ1) is 20.7. The third-order valence-corrected chi connectivity index (χ3v) is 4.98. The first-order valence-corrected chi connectivity index (χ1v) is 10.0. The molecule has 2 aromatic carbocycles. The highest BCUT2D eigenvalue weighted by Crippen LogP contribution is 2.31. The number of fused-ring (bicyclic) bond motifs is 1. The molecule has 3 rings (SSSR count). The van der Waals surface area contributed by atoms with Crippen LogP contribution in [0.2, 0.25) is 0 Å². The topological polar surface area (TPSA) is 67.9 Å². The Hall–Kier alpha value is -3.02. The summed E-state index contributed by atoms with van der Waals surface area (Å²) in [5, 5.41) is 2.87. The van der Waals surface area contributed by atoms with E-state index in [-0.39, 0.29) is 18.4 Å². The van der Waals surface area contributed by atoms with Gasteiger partial charge < -0.3 is 19.7 Å². The number of aryl methyl sites for hydroxylation is 2. The number of rotatable bonds is 8. The number of hydrogen-bond donors (Lipinski definition) is 1. The van der Waals surface area contributed by atoms with Crippen molar-refractivity contribution < 1.29 is 19.1 Å². The molecule has 1 aliphatic rings. The minimum absolute atomic E-state index is 0.113. The molecule has 0 aromatic heterocycles. The fraction of sp³-hybridized carbons (Fsp3) is 0.391. The molecule has 29 heavy (non-hydrogen) atoms. The van der Waals surface area contributed by atoms with Crippen molar-refractivity contribution in [3.8, 4) is 11.5 Å². The number of carbonyl (C=O) groups is 2. The largest absolute Gasteiger partial charge is 0.493 e. The molecule has 0 unspecified atom stereocenters. The molecule has 2 amide bonds. The van der Waals surface area contributed by atoms with Crippen molar-refractivity contribution in [2.75, 3.05) is 30.5 Å². The SMILES string of the molecule is CCCCN1C(=O)CCc2cc(NC(=O)COc3ccc(C)cc3OC)ccc21. The summed E-state index contributed by atoms with van der Waals surface area (Å²) in [6.07, 6.45) is 3.21. The summed E-state index contributed by atoms with van der Waals surface area (Å²) >= 11 is 0. The molecule has 0 saturated heterocycles. The third-order valence-electron chi connectivity index (χ3n) is 4.98. The Morgan fingerprint density at radius 3 is 2.72 bits per heavy atom. The van der Waals surface area contributed by atoms with Gasteiger partial charge in [-0.2, -0.15) is 0 Å². The first-order chi connectivity index (χ1) is 14.0. The number of hydrogen-bond acceptors (Lipinski definition) is 4. The van der Waals surface area contributed by atoms with Crippen LogP contribution in [0.25, 0.3) is 0 Å². The Morgan fingerprint density at radius 2 is 1.97 bits per heavy atom. The number of anilines is 2. The maximum atomic E-state index is 12.3. The van der Waals surface area contributed by atoms with Crippen LogP contribution in [0.5, 0.6) is 11.5 Å². The number of carbonyl (C=O) groups excluding carboxylic acids is 2. The molecule has 0 fully saturated rings. The molecule has 0 radical (unpaired) electrons. The molecule has 0 saturated carbocycles. The van der Waals surface area contributed by atoms with E-state index in [0.717, 1.165) is 36.2 Å². The second kappa shape index (κ2) is 9.45. The molecule has 0 spiro atoms. The minimum atomic E-state index is -0.248. The highest BCUT2D eigenvalue weighted by Gasteiger charge is 2.23. The Kier molecular flexibility index (Phi) is 6.75. The highest BCUT2D eigenvalue weighted by molar-refractivity contribution is 5.97. The van der Waals surface area contributed by atoms with Gasteiger partial charge in [0, 0.05) is 24.3 Å². The van der Waals surface area contributed by atoms with E-state index in [0.29, 0.717) is 30.0 Å². The lowest BCUT2D eigenvalue weighted by Gasteiger charge is -2.29. The van der Waals surface area contributed by atoms with Gasteiger partial charge in [0.1, 0.15) is 0 Å². The Morgan fingerprint density at radius 1 is 1.14 bits per heavy atom. The van der Waals surface area contributed by atoms with Gasteiger partial charge in [-0.15, -0.1) is 0 Å². The second-order valence-corrected chi connectivity index (χ2v) is 7.23. The lowest BCUT2D eigenvalue weighted by Crippen LogP contribution is -2.35. The summed E-state index contributed by atoms with van der Waals surface area (Å²) in [5.41, 5.74) is 3.80. The van der Waals surface area contributed by atoms with E-state index < -0.39 is 0 Å². The molecular formula is C23H28N2O4. The number of methoxy groups -OCH3 is 1. The molecule has 0 aliphatic carbocycles. The van der Waals surface area contributed by atoms with Crippen LogP contribution in [0.15, 0.2) is 36.4 Å². The average Bonchev–Trinajstić information content (AvgIpc) is 2.72. The molecule has 154 valence electrons. The van der Waals surface area contributed by atoms with Gasteiger partial charge in [0.05, 0.1) is 7.11 Å². The summed E-state index contributed by atoms with van der Waals surface area (Å²) in [7, 11) is 1.57. The van der Waals surface area contributed by atoms with E-state index in [1.165, 1.54) is 0 Å². The Labute approximate surface area is 171 Å². The van der Waals surface area contributed by atoms with E-state index in [1.807, 2.05) is 42.2 Å². The predicted molar refractivity (Wildman–Crippen MR) is 114 cm³/mol. The van der Waals surface area contributed by atoms with E-state index in [1.54, 1.807) is 13.2 Å². The lowest BCUT2D eigenvalue weighted by molar-refractivity contribution is -0.119. The second-order valence-electron chi connectivity index (χ2n) is 7.23. The zero-order valence-corrected chi connectivity index (χ0v) is 17.3. The molecule has 0 atom stereocenters. The van der Waals surface area contributed by atoms with Crippen molar-refractivity contribution in [2.24, 2.45) is 0 Å². The van der Waals surface area contributed by atoms with Gasteiger partial charge in [-0.1, -0.05) is 19.4 Å². The van der Waals surface area contributed by atoms with Crippen LogP contribution in [0.4, 0.5) is 11.4 Å². The number of ether oxygens (including phenoxy) is 2. The number of amides is 2. The first-order valence-electron chi connectivity index (χ1n) is 10.0.